The molecule has 0 saturated heterocycles. The van der Waals surface area contributed by atoms with Crippen molar-refractivity contribution in [2.75, 3.05) is 10.6 Å². The topological polar surface area (TPSA) is 58.2 Å². The van der Waals surface area contributed by atoms with Crippen molar-refractivity contribution >= 4 is 34.8 Å². The Morgan fingerprint density at radius 1 is 1.23 bits per heavy atom. The maximum Gasteiger partial charge on any atom is 0.231 e. The lowest BCUT2D eigenvalue weighted by Crippen LogP contribution is -2.14. The average molecular weight is 315 g/mol. The van der Waals surface area contributed by atoms with E-state index in [4.69, 9.17) is 11.6 Å². The van der Waals surface area contributed by atoms with Gasteiger partial charge in [0.25, 0.3) is 0 Å². The minimum absolute atomic E-state index is 0.0142. The first-order valence-corrected chi connectivity index (χ1v) is 7.40. The molecule has 2 N–H and O–H groups in total. The predicted octanol–water partition coefficient (Wildman–Crippen LogP) is 3.58. The van der Waals surface area contributed by atoms with E-state index in [9.17, 15) is 9.59 Å². The molecule has 1 heterocycles. The van der Waals surface area contributed by atoms with Crippen LogP contribution in [0.2, 0.25) is 5.02 Å². The standard InChI is InChI=1S/C17H15ClN2O2/c1-10-14-9-13(6-7-15(14)20-17(10)22)19-16(21)8-11-2-4-12(18)5-3-11/h2-7,9-10H,8H2,1H3,(H,19,21)(H,20,22). The van der Waals surface area contributed by atoms with Crippen molar-refractivity contribution in [2.45, 2.75) is 19.3 Å². The first kappa shape index (κ1) is 14.6. The Morgan fingerprint density at radius 3 is 2.68 bits per heavy atom. The van der Waals surface area contributed by atoms with Crippen molar-refractivity contribution in [2.24, 2.45) is 0 Å². The van der Waals surface area contributed by atoms with Gasteiger partial charge < -0.3 is 10.6 Å². The highest BCUT2D eigenvalue weighted by Gasteiger charge is 2.26. The van der Waals surface area contributed by atoms with Gasteiger partial charge in [-0.25, -0.2) is 0 Å². The summed E-state index contributed by atoms with van der Waals surface area (Å²) in [5, 5.41) is 6.31. The zero-order chi connectivity index (χ0) is 15.7. The van der Waals surface area contributed by atoms with Crippen molar-refractivity contribution < 1.29 is 9.59 Å². The number of carbonyl (C=O) groups is 2. The molecule has 2 aromatic rings. The van der Waals surface area contributed by atoms with E-state index in [1.807, 2.05) is 31.2 Å². The first-order valence-electron chi connectivity index (χ1n) is 7.02. The second-order valence-corrected chi connectivity index (χ2v) is 5.80. The molecule has 1 aliphatic heterocycles. The summed E-state index contributed by atoms with van der Waals surface area (Å²) in [6.07, 6.45) is 0.279. The molecule has 0 radical (unpaired) electrons. The SMILES string of the molecule is CC1C(=O)Nc2ccc(NC(=O)Cc3ccc(Cl)cc3)cc21. The van der Waals surface area contributed by atoms with Gasteiger partial charge in [0, 0.05) is 16.4 Å². The van der Waals surface area contributed by atoms with Crippen LogP contribution in [0.25, 0.3) is 0 Å². The first-order chi connectivity index (χ1) is 10.5. The summed E-state index contributed by atoms with van der Waals surface area (Å²) in [7, 11) is 0. The fourth-order valence-corrected chi connectivity index (χ4v) is 2.61. The summed E-state index contributed by atoms with van der Waals surface area (Å²) < 4.78 is 0. The highest BCUT2D eigenvalue weighted by atomic mass is 35.5. The molecule has 4 nitrogen and oxygen atoms in total. The fraction of sp³-hybridized carbons (Fsp3) is 0.176. The zero-order valence-corrected chi connectivity index (χ0v) is 12.8. The smallest absolute Gasteiger partial charge is 0.231 e. The maximum atomic E-state index is 12.1. The Labute approximate surface area is 133 Å². The molecule has 0 bridgehead atoms. The molecule has 2 amide bonds. The third kappa shape index (κ3) is 2.97. The third-order valence-electron chi connectivity index (χ3n) is 3.73. The number of hydrogen-bond donors (Lipinski definition) is 2. The van der Waals surface area contributed by atoms with Crippen LogP contribution in [-0.2, 0) is 16.0 Å². The van der Waals surface area contributed by atoms with E-state index < -0.39 is 0 Å². The molecule has 1 atom stereocenters. The van der Waals surface area contributed by atoms with E-state index >= 15 is 0 Å². The minimum Gasteiger partial charge on any atom is -0.326 e. The lowest BCUT2D eigenvalue weighted by molar-refractivity contribution is -0.117. The summed E-state index contributed by atoms with van der Waals surface area (Å²) in [5.74, 6) is -0.310. The van der Waals surface area contributed by atoms with Crippen molar-refractivity contribution in [3.63, 3.8) is 0 Å². The van der Waals surface area contributed by atoms with Crippen LogP contribution in [-0.4, -0.2) is 11.8 Å². The number of nitrogens with one attached hydrogen (secondary N) is 2. The van der Waals surface area contributed by atoms with Gasteiger partial charge >= 0.3 is 0 Å². The van der Waals surface area contributed by atoms with Gasteiger partial charge in [-0.3, -0.25) is 9.59 Å². The molecule has 112 valence electrons. The number of amides is 2. The summed E-state index contributed by atoms with van der Waals surface area (Å²) in [5.41, 5.74) is 3.32. The van der Waals surface area contributed by atoms with Crippen LogP contribution in [0.15, 0.2) is 42.5 Å². The third-order valence-corrected chi connectivity index (χ3v) is 3.98. The molecule has 0 aromatic heterocycles. The molecular formula is C17H15ClN2O2. The molecule has 1 aliphatic rings. The second kappa shape index (κ2) is 5.81. The van der Waals surface area contributed by atoms with Gasteiger partial charge in [0.15, 0.2) is 0 Å². The van der Waals surface area contributed by atoms with Crippen LogP contribution >= 0.6 is 11.6 Å². The molecule has 0 saturated carbocycles. The molecule has 3 rings (SSSR count). The van der Waals surface area contributed by atoms with E-state index in [-0.39, 0.29) is 24.2 Å². The minimum atomic E-state index is -0.192. The van der Waals surface area contributed by atoms with Crippen molar-refractivity contribution in [1.82, 2.24) is 0 Å². The van der Waals surface area contributed by atoms with Gasteiger partial charge in [-0.05, 0) is 48.4 Å². The Morgan fingerprint density at radius 2 is 1.95 bits per heavy atom. The molecule has 5 heteroatoms. The van der Waals surface area contributed by atoms with Gasteiger partial charge in [-0.2, -0.15) is 0 Å². The van der Waals surface area contributed by atoms with E-state index in [2.05, 4.69) is 10.6 Å². The lowest BCUT2D eigenvalue weighted by atomic mass is 10.0. The van der Waals surface area contributed by atoms with Gasteiger partial charge in [-0.15, -0.1) is 0 Å². The number of carbonyl (C=O) groups excluding carboxylic acids is 2. The monoisotopic (exact) mass is 314 g/mol. The van der Waals surface area contributed by atoms with Crippen LogP contribution in [0.3, 0.4) is 0 Å². The Hall–Kier alpha value is -2.33. The highest BCUT2D eigenvalue weighted by Crippen LogP contribution is 2.34. The second-order valence-electron chi connectivity index (χ2n) is 5.36. The average Bonchev–Trinajstić information content (AvgIpc) is 2.77. The van der Waals surface area contributed by atoms with Crippen LogP contribution in [0.1, 0.15) is 24.0 Å². The number of benzene rings is 2. The number of rotatable bonds is 3. The van der Waals surface area contributed by atoms with Gasteiger partial charge in [0.2, 0.25) is 11.8 Å². The van der Waals surface area contributed by atoms with Crippen LogP contribution in [0.5, 0.6) is 0 Å². The molecule has 1 unspecified atom stereocenters. The molecule has 2 aromatic carbocycles. The Bertz CT molecular complexity index is 741. The number of anilines is 2. The maximum absolute atomic E-state index is 12.1. The van der Waals surface area contributed by atoms with Crippen molar-refractivity contribution in [1.29, 1.82) is 0 Å². The van der Waals surface area contributed by atoms with Crippen molar-refractivity contribution in [3.05, 3.63) is 58.6 Å². The predicted molar refractivity (Wildman–Crippen MR) is 87.3 cm³/mol. The summed E-state index contributed by atoms with van der Waals surface area (Å²) in [6, 6.07) is 12.6. The largest absolute Gasteiger partial charge is 0.326 e. The Balaban J connectivity index is 1.70. The normalized spacial score (nSPS) is 16.1. The molecule has 0 fully saturated rings. The van der Waals surface area contributed by atoms with Crippen LogP contribution in [0, 0.1) is 0 Å². The van der Waals surface area contributed by atoms with E-state index in [0.29, 0.717) is 10.7 Å². The molecule has 22 heavy (non-hydrogen) atoms. The van der Waals surface area contributed by atoms with Gasteiger partial charge in [-0.1, -0.05) is 23.7 Å². The van der Waals surface area contributed by atoms with Gasteiger partial charge in [0.1, 0.15) is 0 Å². The summed E-state index contributed by atoms with van der Waals surface area (Å²) in [6.45, 7) is 1.85. The Kier molecular flexibility index (Phi) is 3.86. The summed E-state index contributed by atoms with van der Waals surface area (Å²) >= 11 is 5.82. The number of fused-ring (bicyclic) bond motifs is 1. The lowest BCUT2D eigenvalue weighted by Gasteiger charge is -2.08. The quantitative estimate of drug-likeness (QED) is 0.909. The molecular weight excluding hydrogens is 300 g/mol. The van der Waals surface area contributed by atoms with Crippen LogP contribution in [0.4, 0.5) is 11.4 Å². The zero-order valence-electron chi connectivity index (χ0n) is 12.0. The van der Waals surface area contributed by atoms with E-state index in [1.165, 1.54) is 0 Å². The highest BCUT2D eigenvalue weighted by molar-refractivity contribution is 6.30. The number of halogens is 1. The molecule has 0 spiro atoms. The number of hydrogen-bond acceptors (Lipinski definition) is 2. The summed E-state index contributed by atoms with van der Waals surface area (Å²) in [4.78, 5) is 23.7. The van der Waals surface area contributed by atoms with Crippen LogP contribution < -0.4 is 10.6 Å². The fourth-order valence-electron chi connectivity index (χ4n) is 2.49. The van der Waals surface area contributed by atoms with E-state index in [1.54, 1.807) is 18.2 Å². The van der Waals surface area contributed by atoms with Crippen molar-refractivity contribution in [3.8, 4) is 0 Å². The molecule has 0 aliphatic carbocycles. The van der Waals surface area contributed by atoms with E-state index in [0.717, 1.165) is 16.8 Å². The van der Waals surface area contributed by atoms with Gasteiger partial charge in [0.05, 0.1) is 12.3 Å².